The number of hydrogen-bond donors (Lipinski definition) is 2. The molecule has 10 heteroatoms. The number of nitrogens with zero attached hydrogens (tertiary/aromatic N) is 4. The van der Waals surface area contributed by atoms with Gasteiger partial charge in [0, 0.05) is 44.0 Å². The molecular formula is C20H33BN4O5. The van der Waals surface area contributed by atoms with E-state index in [2.05, 4.69) is 9.97 Å². The molecule has 1 aromatic heterocycles. The number of piperidine rings is 1. The summed E-state index contributed by atoms with van der Waals surface area (Å²) in [5.41, 5.74) is -0.0988. The van der Waals surface area contributed by atoms with E-state index in [4.69, 9.17) is 14.4 Å². The third kappa shape index (κ3) is 4.61. The minimum atomic E-state index is -1.37. The summed E-state index contributed by atoms with van der Waals surface area (Å²) in [7, 11) is 1.37. The van der Waals surface area contributed by atoms with Crippen molar-refractivity contribution in [2.24, 2.45) is 0 Å². The minimum Gasteiger partial charge on any atom is -0.399 e. The Bertz CT molecular complexity index is 729. The lowest BCUT2D eigenvalue weighted by atomic mass is 9.81. The first kappa shape index (κ1) is 22.9. The topological polar surface area (TPSA) is 108 Å². The number of aliphatic hydroxyl groups is 2. The number of aliphatic hydroxyl groups excluding tert-OH is 2. The highest BCUT2D eigenvalue weighted by molar-refractivity contribution is 6.61. The first-order valence-corrected chi connectivity index (χ1v) is 10.5. The molecule has 0 unspecified atom stereocenters. The molecule has 3 rings (SSSR count). The van der Waals surface area contributed by atoms with Crippen LogP contribution < -0.4 is 10.4 Å². The SMILES string of the molecule is CN(C[C@@H]1CCCCN1C(=O)[C@@H](O)CO)c1ncc(B2OC(C)(C)C(C)(C)O2)cn1. The van der Waals surface area contributed by atoms with Gasteiger partial charge in [0.15, 0.2) is 6.10 Å². The zero-order valence-corrected chi connectivity index (χ0v) is 18.5. The summed E-state index contributed by atoms with van der Waals surface area (Å²) >= 11 is 0. The summed E-state index contributed by atoms with van der Waals surface area (Å²) < 4.78 is 12.1. The Morgan fingerprint density at radius 1 is 1.27 bits per heavy atom. The Kier molecular flexibility index (Phi) is 6.71. The molecule has 0 aromatic carbocycles. The van der Waals surface area contributed by atoms with E-state index in [-0.39, 0.29) is 6.04 Å². The van der Waals surface area contributed by atoms with E-state index in [1.54, 1.807) is 17.3 Å². The highest BCUT2D eigenvalue weighted by Gasteiger charge is 2.52. The van der Waals surface area contributed by atoms with E-state index < -0.39 is 36.9 Å². The molecule has 0 bridgehead atoms. The van der Waals surface area contributed by atoms with Crippen molar-refractivity contribution in [2.75, 3.05) is 31.6 Å². The monoisotopic (exact) mass is 420 g/mol. The van der Waals surface area contributed by atoms with Crippen LogP contribution in [0.15, 0.2) is 12.4 Å². The van der Waals surface area contributed by atoms with E-state index in [1.807, 2.05) is 39.6 Å². The van der Waals surface area contributed by atoms with Crippen molar-refractivity contribution in [1.82, 2.24) is 14.9 Å². The van der Waals surface area contributed by atoms with E-state index in [9.17, 15) is 9.90 Å². The van der Waals surface area contributed by atoms with Crippen molar-refractivity contribution in [1.29, 1.82) is 0 Å². The molecule has 9 nitrogen and oxygen atoms in total. The van der Waals surface area contributed by atoms with E-state index in [0.717, 1.165) is 24.7 Å². The van der Waals surface area contributed by atoms with E-state index in [1.165, 1.54) is 0 Å². The van der Waals surface area contributed by atoms with Crippen LogP contribution in [0.1, 0.15) is 47.0 Å². The zero-order chi connectivity index (χ0) is 22.1. The molecule has 2 saturated heterocycles. The number of aromatic nitrogens is 2. The number of rotatable bonds is 6. The second kappa shape index (κ2) is 8.78. The van der Waals surface area contributed by atoms with Gasteiger partial charge < -0.3 is 29.3 Å². The molecule has 2 atom stereocenters. The molecule has 2 aliphatic rings. The van der Waals surface area contributed by atoms with Gasteiger partial charge in [-0.05, 0) is 47.0 Å². The van der Waals surface area contributed by atoms with Crippen molar-refractivity contribution >= 4 is 24.4 Å². The predicted octanol–water partition coefficient (Wildman–Crippen LogP) is -0.0537. The quantitative estimate of drug-likeness (QED) is 0.617. The fourth-order valence-corrected chi connectivity index (χ4v) is 3.78. The summed E-state index contributed by atoms with van der Waals surface area (Å²) in [6.07, 6.45) is 4.79. The Hall–Kier alpha value is -1.75. The average molecular weight is 420 g/mol. The van der Waals surface area contributed by atoms with Gasteiger partial charge in [-0.2, -0.15) is 0 Å². The smallest absolute Gasteiger partial charge is 0.399 e. The average Bonchev–Trinajstić information content (AvgIpc) is 2.94. The van der Waals surface area contributed by atoms with Crippen LogP contribution in [0.5, 0.6) is 0 Å². The standard InChI is InChI=1S/C20H33BN4O5/c1-19(2)20(3,4)30-21(29-19)14-10-22-18(23-11-14)24(5)12-15-8-6-7-9-25(15)17(28)16(27)13-26/h10-11,15-16,26-27H,6-9,12-13H2,1-5H3/t15-,16-/m0/s1. The lowest BCUT2D eigenvalue weighted by molar-refractivity contribution is -0.145. The Morgan fingerprint density at radius 3 is 2.43 bits per heavy atom. The predicted molar refractivity (Wildman–Crippen MR) is 113 cm³/mol. The van der Waals surface area contributed by atoms with Crippen molar-refractivity contribution in [2.45, 2.75) is 70.3 Å². The third-order valence-electron chi connectivity index (χ3n) is 6.38. The summed E-state index contributed by atoms with van der Waals surface area (Å²) in [5, 5.41) is 18.9. The van der Waals surface area contributed by atoms with Crippen LogP contribution in [0.3, 0.4) is 0 Å². The first-order valence-electron chi connectivity index (χ1n) is 10.5. The van der Waals surface area contributed by atoms with Crippen molar-refractivity contribution in [3.05, 3.63) is 12.4 Å². The normalized spacial score (nSPS) is 24.0. The van der Waals surface area contributed by atoms with Gasteiger partial charge in [0.1, 0.15) is 0 Å². The highest BCUT2D eigenvalue weighted by Crippen LogP contribution is 2.36. The molecule has 30 heavy (non-hydrogen) atoms. The lowest BCUT2D eigenvalue weighted by Gasteiger charge is -2.38. The fourth-order valence-electron chi connectivity index (χ4n) is 3.78. The number of amides is 1. The second-order valence-corrected chi connectivity index (χ2v) is 9.16. The van der Waals surface area contributed by atoms with Crippen molar-refractivity contribution < 1.29 is 24.3 Å². The number of likely N-dealkylation sites (tertiary alicyclic amines) is 1. The third-order valence-corrected chi connectivity index (χ3v) is 6.38. The molecule has 166 valence electrons. The van der Waals surface area contributed by atoms with Crippen LogP contribution >= 0.6 is 0 Å². The summed E-state index contributed by atoms with van der Waals surface area (Å²) in [6.45, 7) is 8.56. The number of carbonyl (C=O) groups is 1. The fraction of sp³-hybridized carbons (Fsp3) is 0.750. The Labute approximate surface area is 178 Å². The van der Waals surface area contributed by atoms with Crippen molar-refractivity contribution in [3.8, 4) is 0 Å². The maximum Gasteiger partial charge on any atom is 0.498 e. The van der Waals surface area contributed by atoms with Gasteiger partial charge in [-0.3, -0.25) is 4.79 Å². The van der Waals surface area contributed by atoms with Gasteiger partial charge in [0.25, 0.3) is 5.91 Å². The molecule has 3 heterocycles. The number of anilines is 1. The zero-order valence-electron chi connectivity index (χ0n) is 18.5. The van der Waals surface area contributed by atoms with Gasteiger partial charge in [-0.15, -0.1) is 0 Å². The first-order chi connectivity index (χ1) is 14.1. The molecule has 1 aromatic rings. The number of carbonyl (C=O) groups excluding carboxylic acids is 1. The molecule has 2 aliphatic heterocycles. The van der Waals surface area contributed by atoms with Gasteiger partial charge in [-0.1, -0.05) is 0 Å². The molecule has 0 radical (unpaired) electrons. The maximum absolute atomic E-state index is 12.4. The minimum absolute atomic E-state index is 0.0659. The molecule has 0 aliphatic carbocycles. The lowest BCUT2D eigenvalue weighted by Crippen LogP contribution is -2.52. The van der Waals surface area contributed by atoms with Crippen LogP contribution in [0.25, 0.3) is 0 Å². The van der Waals surface area contributed by atoms with Crippen LogP contribution in [0.4, 0.5) is 5.95 Å². The van der Waals surface area contributed by atoms with Crippen LogP contribution in [0, 0.1) is 0 Å². The summed E-state index contributed by atoms with van der Waals surface area (Å²) in [6, 6.07) is -0.0659. The molecule has 0 saturated carbocycles. The molecule has 1 amide bonds. The van der Waals surface area contributed by atoms with Gasteiger partial charge in [0.05, 0.1) is 17.8 Å². The summed E-state index contributed by atoms with van der Waals surface area (Å²) in [5.74, 6) is 0.114. The second-order valence-electron chi connectivity index (χ2n) is 9.16. The highest BCUT2D eigenvalue weighted by atomic mass is 16.7. The largest absolute Gasteiger partial charge is 0.498 e. The van der Waals surface area contributed by atoms with Crippen molar-refractivity contribution in [3.63, 3.8) is 0 Å². The van der Waals surface area contributed by atoms with Crippen LogP contribution in [-0.2, 0) is 14.1 Å². The van der Waals surface area contributed by atoms with E-state index in [0.29, 0.717) is 19.0 Å². The van der Waals surface area contributed by atoms with Gasteiger partial charge in [-0.25, -0.2) is 9.97 Å². The Balaban J connectivity index is 1.66. The molecule has 2 fully saturated rings. The van der Waals surface area contributed by atoms with Gasteiger partial charge in [0.2, 0.25) is 5.95 Å². The molecule has 0 spiro atoms. The summed E-state index contributed by atoms with van der Waals surface area (Å²) in [4.78, 5) is 24.9. The number of likely N-dealkylation sites (N-methyl/N-ethyl adjacent to an activating group) is 1. The van der Waals surface area contributed by atoms with Crippen LogP contribution in [-0.4, -0.2) is 88.2 Å². The maximum atomic E-state index is 12.4. The molecule has 2 N–H and O–H groups in total. The number of hydrogen-bond acceptors (Lipinski definition) is 8. The Morgan fingerprint density at radius 2 is 1.87 bits per heavy atom. The van der Waals surface area contributed by atoms with Gasteiger partial charge >= 0.3 is 7.12 Å². The van der Waals surface area contributed by atoms with Crippen LogP contribution in [0.2, 0.25) is 0 Å². The van der Waals surface area contributed by atoms with E-state index >= 15 is 0 Å². The molecular weight excluding hydrogens is 387 g/mol.